The molecule has 3 nitrogen and oxygen atoms in total. The fourth-order valence-electron chi connectivity index (χ4n) is 5.23. The molecule has 2 fully saturated rings. The molecule has 110 valence electrons. The van der Waals surface area contributed by atoms with Crippen molar-refractivity contribution in [2.24, 2.45) is 22.2 Å². The largest absolute Gasteiger partial charge is 0.462 e. The van der Waals surface area contributed by atoms with Gasteiger partial charge in [0.05, 0.1) is 0 Å². The Hall–Kier alpha value is -1.12. The van der Waals surface area contributed by atoms with Gasteiger partial charge in [-0.1, -0.05) is 33.3 Å². The first-order valence-corrected chi connectivity index (χ1v) is 7.53. The molecule has 3 rings (SSSR count). The first-order chi connectivity index (χ1) is 9.10. The molecule has 0 saturated heterocycles. The van der Waals surface area contributed by atoms with E-state index in [0.29, 0.717) is 12.3 Å². The zero-order valence-electron chi connectivity index (χ0n) is 13.1. The molecule has 20 heavy (non-hydrogen) atoms. The molecule has 2 bridgehead atoms. The molecule has 0 unspecified atom stereocenters. The van der Waals surface area contributed by atoms with Crippen molar-refractivity contribution in [2.75, 3.05) is 0 Å². The van der Waals surface area contributed by atoms with Crippen molar-refractivity contribution < 1.29 is 14.3 Å². The van der Waals surface area contributed by atoms with Gasteiger partial charge < -0.3 is 4.74 Å². The molecule has 0 aromatic carbocycles. The van der Waals surface area contributed by atoms with Crippen LogP contribution in [0.1, 0.15) is 53.9 Å². The van der Waals surface area contributed by atoms with E-state index in [-0.39, 0.29) is 34.1 Å². The number of rotatable bonds is 1. The van der Waals surface area contributed by atoms with E-state index in [9.17, 15) is 9.59 Å². The fourth-order valence-corrected chi connectivity index (χ4v) is 5.23. The lowest BCUT2D eigenvalue weighted by atomic mass is 9.53. The van der Waals surface area contributed by atoms with Crippen LogP contribution >= 0.6 is 0 Å². The van der Waals surface area contributed by atoms with Gasteiger partial charge in [-0.25, -0.2) is 0 Å². The summed E-state index contributed by atoms with van der Waals surface area (Å²) in [4.78, 5) is 23.4. The van der Waals surface area contributed by atoms with Gasteiger partial charge in [-0.2, -0.15) is 0 Å². The Morgan fingerprint density at radius 1 is 1.25 bits per heavy atom. The van der Waals surface area contributed by atoms with Gasteiger partial charge in [0, 0.05) is 24.7 Å². The highest BCUT2D eigenvalue weighted by molar-refractivity contribution is 5.93. The van der Waals surface area contributed by atoms with Gasteiger partial charge in [0.1, 0.15) is 6.10 Å². The predicted molar refractivity (Wildman–Crippen MR) is 76.0 cm³/mol. The number of allylic oxidation sites excluding steroid dienone is 2. The zero-order chi connectivity index (χ0) is 14.9. The lowest BCUT2D eigenvalue weighted by Gasteiger charge is -2.51. The molecule has 0 aliphatic heterocycles. The standard InChI is InChI=1S/C17H24O3/c1-10(18)20-13-9-17-8-12(13)16(4,5)14(17)6-11(19)7-15(17,2)3/h6,12-13H,7-9H2,1-5H3/t12-,13-,17-/m1/s1. The highest BCUT2D eigenvalue weighted by Gasteiger charge is 2.69. The van der Waals surface area contributed by atoms with Crippen molar-refractivity contribution in [3.05, 3.63) is 11.6 Å². The number of fused-ring (bicyclic) bond motifs is 1. The van der Waals surface area contributed by atoms with Crippen molar-refractivity contribution in [2.45, 2.75) is 60.0 Å². The molecule has 3 heteroatoms. The number of esters is 1. The maximum Gasteiger partial charge on any atom is 0.302 e. The molecule has 0 radical (unpaired) electrons. The zero-order valence-corrected chi connectivity index (χ0v) is 13.1. The lowest BCUT2D eigenvalue weighted by molar-refractivity contribution is -0.151. The molecular weight excluding hydrogens is 252 g/mol. The third-order valence-electron chi connectivity index (χ3n) is 6.24. The summed E-state index contributed by atoms with van der Waals surface area (Å²) in [6, 6.07) is 0. The third kappa shape index (κ3) is 1.52. The third-order valence-corrected chi connectivity index (χ3v) is 6.24. The molecule has 3 aliphatic carbocycles. The van der Waals surface area contributed by atoms with Crippen molar-refractivity contribution in [1.82, 2.24) is 0 Å². The van der Waals surface area contributed by atoms with Crippen LogP contribution in [0, 0.1) is 22.2 Å². The number of carbonyl (C=O) groups is 2. The average Bonchev–Trinajstić information content (AvgIpc) is 2.72. The molecular formula is C17H24O3. The molecule has 0 heterocycles. The van der Waals surface area contributed by atoms with E-state index in [1.54, 1.807) is 0 Å². The van der Waals surface area contributed by atoms with E-state index in [1.807, 2.05) is 6.08 Å². The second-order valence-corrected chi connectivity index (χ2v) is 8.05. The summed E-state index contributed by atoms with van der Waals surface area (Å²) in [5.41, 5.74) is 1.25. The minimum absolute atomic E-state index is 0.00660. The van der Waals surface area contributed by atoms with Crippen LogP contribution in [0.15, 0.2) is 11.6 Å². The summed E-state index contributed by atoms with van der Waals surface area (Å²) < 4.78 is 5.59. The molecule has 2 saturated carbocycles. The van der Waals surface area contributed by atoms with E-state index < -0.39 is 0 Å². The van der Waals surface area contributed by atoms with E-state index in [0.717, 1.165) is 12.8 Å². The first-order valence-electron chi connectivity index (χ1n) is 7.53. The first kappa shape index (κ1) is 13.8. The minimum Gasteiger partial charge on any atom is -0.462 e. The Balaban J connectivity index is 2.09. The Bertz CT molecular complexity index is 526. The Labute approximate surface area is 120 Å². The number of hydrogen-bond acceptors (Lipinski definition) is 3. The van der Waals surface area contributed by atoms with Gasteiger partial charge in [-0.05, 0) is 29.7 Å². The SMILES string of the molecule is CC(=O)O[C@@H]1C[C@]23C[C@H]1C(C)(C)C2=CC(=O)CC3(C)C. The number of ketones is 1. The van der Waals surface area contributed by atoms with E-state index in [2.05, 4.69) is 27.7 Å². The summed E-state index contributed by atoms with van der Waals surface area (Å²) in [7, 11) is 0. The quantitative estimate of drug-likeness (QED) is 0.690. The summed E-state index contributed by atoms with van der Waals surface area (Å²) >= 11 is 0. The van der Waals surface area contributed by atoms with Crippen LogP contribution in [0.4, 0.5) is 0 Å². The second-order valence-electron chi connectivity index (χ2n) is 8.05. The van der Waals surface area contributed by atoms with Gasteiger partial charge >= 0.3 is 5.97 Å². The van der Waals surface area contributed by atoms with Gasteiger partial charge in [0.25, 0.3) is 0 Å². The van der Waals surface area contributed by atoms with Gasteiger partial charge in [0.2, 0.25) is 0 Å². The highest BCUT2D eigenvalue weighted by atomic mass is 16.5. The molecule has 1 spiro atoms. The Morgan fingerprint density at radius 3 is 2.50 bits per heavy atom. The van der Waals surface area contributed by atoms with Crippen LogP contribution in [0.5, 0.6) is 0 Å². The monoisotopic (exact) mass is 276 g/mol. The van der Waals surface area contributed by atoms with Crippen LogP contribution in [0.2, 0.25) is 0 Å². The van der Waals surface area contributed by atoms with E-state index >= 15 is 0 Å². The Morgan fingerprint density at radius 2 is 1.90 bits per heavy atom. The van der Waals surface area contributed by atoms with Gasteiger partial charge in [-0.15, -0.1) is 0 Å². The molecule has 0 aromatic rings. The number of hydrogen-bond donors (Lipinski definition) is 0. The van der Waals surface area contributed by atoms with Crippen molar-refractivity contribution in [3.63, 3.8) is 0 Å². The van der Waals surface area contributed by atoms with E-state index in [1.165, 1.54) is 12.5 Å². The second kappa shape index (κ2) is 3.75. The van der Waals surface area contributed by atoms with Crippen LogP contribution in [0.25, 0.3) is 0 Å². The van der Waals surface area contributed by atoms with Gasteiger partial charge in [0.15, 0.2) is 5.78 Å². The van der Waals surface area contributed by atoms with Crippen LogP contribution in [-0.4, -0.2) is 17.9 Å². The average molecular weight is 276 g/mol. The van der Waals surface area contributed by atoms with Gasteiger partial charge in [-0.3, -0.25) is 9.59 Å². The van der Waals surface area contributed by atoms with Crippen molar-refractivity contribution >= 4 is 11.8 Å². The molecule has 0 N–H and O–H groups in total. The predicted octanol–water partition coefficient (Wildman–Crippen LogP) is 3.28. The number of carbonyl (C=O) groups excluding carboxylic acids is 2. The van der Waals surface area contributed by atoms with Crippen molar-refractivity contribution in [3.8, 4) is 0 Å². The minimum atomic E-state index is -0.190. The molecule has 3 aliphatic rings. The fraction of sp³-hybridized carbons (Fsp3) is 0.765. The summed E-state index contributed by atoms with van der Waals surface area (Å²) in [6.07, 6.45) is 4.44. The normalized spacial score (nSPS) is 40.2. The summed E-state index contributed by atoms with van der Waals surface area (Å²) in [6.45, 7) is 10.3. The van der Waals surface area contributed by atoms with Crippen molar-refractivity contribution in [1.29, 1.82) is 0 Å². The molecule has 3 atom stereocenters. The smallest absolute Gasteiger partial charge is 0.302 e. The summed E-state index contributed by atoms with van der Waals surface area (Å²) in [5.74, 6) is 0.396. The topological polar surface area (TPSA) is 43.4 Å². The Kier molecular flexibility index (Phi) is 2.59. The summed E-state index contributed by atoms with van der Waals surface area (Å²) in [5, 5.41) is 0. The highest BCUT2D eigenvalue weighted by Crippen LogP contribution is 2.73. The molecule has 0 aromatic heterocycles. The number of ether oxygens (including phenoxy) is 1. The molecule has 0 amide bonds. The van der Waals surface area contributed by atoms with Crippen LogP contribution in [0.3, 0.4) is 0 Å². The van der Waals surface area contributed by atoms with Crippen LogP contribution < -0.4 is 0 Å². The lowest BCUT2D eigenvalue weighted by Crippen LogP contribution is -2.47. The maximum absolute atomic E-state index is 12.1. The van der Waals surface area contributed by atoms with Crippen LogP contribution in [-0.2, 0) is 14.3 Å². The maximum atomic E-state index is 12.1. The van der Waals surface area contributed by atoms with E-state index in [4.69, 9.17) is 4.74 Å².